The molecule has 142 valence electrons. The lowest BCUT2D eigenvalue weighted by Gasteiger charge is -2.14. The average molecular weight is 369 g/mol. The molecule has 0 saturated carbocycles. The van der Waals surface area contributed by atoms with Gasteiger partial charge >= 0.3 is 5.97 Å². The maximum atomic E-state index is 12.2. The van der Waals surface area contributed by atoms with Crippen LogP contribution in [-0.4, -0.2) is 24.8 Å². The lowest BCUT2D eigenvalue weighted by molar-refractivity contribution is -0.129. The smallest absolute Gasteiger partial charge is 0.338 e. The van der Waals surface area contributed by atoms with Crippen molar-refractivity contribution in [1.29, 1.82) is 0 Å². The predicted molar refractivity (Wildman–Crippen MR) is 99.8 cm³/mol. The summed E-state index contributed by atoms with van der Waals surface area (Å²) in [5, 5.41) is 2.76. The molecule has 2 aromatic rings. The standard InChI is InChI=1S/C21H23NO5/c1-13(2)16-5-7-17(8-6-16)21(24)27-14(3)20(23)22-11-15-4-9-18-19(10-15)26-12-25-18/h4-10,13-14H,11-12H2,1-3H3,(H,22,23). The number of rotatable bonds is 6. The fraction of sp³-hybridized carbons (Fsp3) is 0.333. The summed E-state index contributed by atoms with van der Waals surface area (Å²) in [6.45, 7) is 6.23. The van der Waals surface area contributed by atoms with Gasteiger partial charge in [0.1, 0.15) is 0 Å². The van der Waals surface area contributed by atoms with Gasteiger partial charge in [-0.2, -0.15) is 0 Å². The number of fused-ring (bicyclic) bond motifs is 1. The van der Waals surface area contributed by atoms with Crippen molar-refractivity contribution in [2.45, 2.75) is 39.3 Å². The van der Waals surface area contributed by atoms with E-state index in [4.69, 9.17) is 14.2 Å². The first-order valence-corrected chi connectivity index (χ1v) is 8.91. The van der Waals surface area contributed by atoms with E-state index in [-0.39, 0.29) is 12.7 Å². The van der Waals surface area contributed by atoms with Crippen LogP contribution in [0.4, 0.5) is 0 Å². The highest BCUT2D eigenvalue weighted by Crippen LogP contribution is 2.32. The van der Waals surface area contributed by atoms with Gasteiger partial charge in [-0.25, -0.2) is 4.79 Å². The third-order valence-corrected chi connectivity index (χ3v) is 4.37. The van der Waals surface area contributed by atoms with Gasteiger partial charge in [0.25, 0.3) is 5.91 Å². The van der Waals surface area contributed by atoms with E-state index < -0.39 is 12.1 Å². The molecule has 1 aliphatic heterocycles. The molecular weight excluding hydrogens is 346 g/mol. The Morgan fingerprint density at radius 1 is 1.04 bits per heavy atom. The summed E-state index contributed by atoms with van der Waals surface area (Å²) in [6, 6.07) is 12.7. The normalized spacial score (nSPS) is 13.3. The van der Waals surface area contributed by atoms with E-state index in [1.165, 1.54) is 0 Å². The van der Waals surface area contributed by atoms with E-state index in [1.807, 2.05) is 24.3 Å². The molecule has 0 aliphatic carbocycles. The predicted octanol–water partition coefficient (Wildman–Crippen LogP) is 3.40. The minimum absolute atomic E-state index is 0.205. The molecule has 1 atom stereocenters. The van der Waals surface area contributed by atoms with Crippen LogP contribution in [-0.2, 0) is 16.1 Å². The number of ether oxygens (including phenoxy) is 3. The highest BCUT2D eigenvalue weighted by Gasteiger charge is 2.19. The van der Waals surface area contributed by atoms with Gasteiger partial charge < -0.3 is 19.5 Å². The molecule has 6 nitrogen and oxygen atoms in total. The third kappa shape index (κ3) is 4.58. The Morgan fingerprint density at radius 2 is 1.74 bits per heavy atom. The first-order chi connectivity index (χ1) is 12.9. The van der Waals surface area contributed by atoms with Gasteiger partial charge in [0.05, 0.1) is 5.56 Å². The second kappa shape index (κ2) is 8.12. The summed E-state index contributed by atoms with van der Waals surface area (Å²) in [7, 11) is 0. The summed E-state index contributed by atoms with van der Waals surface area (Å²) in [5.41, 5.74) is 2.44. The van der Waals surface area contributed by atoms with Crippen LogP contribution in [0.3, 0.4) is 0 Å². The molecule has 2 aromatic carbocycles. The summed E-state index contributed by atoms with van der Waals surface area (Å²) in [6.07, 6.45) is -0.892. The maximum absolute atomic E-state index is 12.2. The van der Waals surface area contributed by atoms with Gasteiger partial charge in [-0.3, -0.25) is 4.79 Å². The third-order valence-electron chi connectivity index (χ3n) is 4.37. The Balaban J connectivity index is 1.51. The van der Waals surface area contributed by atoms with Gasteiger partial charge in [0.2, 0.25) is 6.79 Å². The summed E-state index contributed by atoms with van der Waals surface area (Å²) < 4.78 is 15.8. The van der Waals surface area contributed by atoms with Crippen LogP contribution in [0.5, 0.6) is 11.5 Å². The van der Waals surface area contributed by atoms with Crippen molar-refractivity contribution in [3.8, 4) is 11.5 Å². The van der Waals surface area contributed by atoms with Gasteiger partial charge in [0.15, 0.2) is 17.6 Å². The number of benzene rings is 2. The van der Waals surface area contributed by atoms with Crippen molar-refractivity contribution in [2.75, 3.05) is 6.79 Å². The molecule has 6 heteroatoms. The van der Waals surface area contributed by atoms with Crippen LogP contribution in [0.25, 0.3) is 0 Å². The van der Waals surface area contributed by atoms with E-state index in [2.05, 4.69) is 19.2 Å². The molecule has 0 saturated heterocycles. The van der Waals surface area contributed by atoms with Crippen LogP contribution in [0, 0.1) is 0 Å². The molecule has 1 aliphatic rings. The maximum Gasteiger partial charge on any atom is 0.338 e. The Morgan fingerprint density at radius 3 is 2.44 bits per heavy atom. The van der Waals surface area contributed by atoms with Crippen molar-refractivity contribution in [3.05, 3.63) is 59.2 Å². The summed E-state index contributed by atoms with van der Waals surface area (Å²) in [4.78, 5) is 24.4. The van der Waals surface area contributed by atoms with Gasteiger partial charge in [-0.05, 0) is 48.2 Å². The molecule has 0 fully saturated rings. The molecule has 27 heavy (non-hydrogen) atoms. The van der Waals surface area contributed by atoms with Crippen LogP contribution >= 0.6 is 0 Å². The minimum atomic E-state index is -0.892. The average Bonchev–Trinajstić information content (AvgIpc) is 3.13. The molecule has 0 aromatic heterocycles. The molecule has 0 spiro atoms. The lowest BCUT2D eigenvalue weighted by atomic mass is 10.0. The van der Waals surface area contributed by atoms with Crippen molar-refractivity contribution in [2.24, 2.45) is 0 Å². The number of esters is 1. The van der Waals surface area contributed by atoms with Gasteiger partial charge in [-0.15, -0.1) is 0 Å². The summed E-state index contributed by atoms with van der Waals surface area (Å²) >= 11 is 0. The molecular formula is C21H23NO5. The largest absolute Gasteiger partial charge is 0.454 e. The topological polar surface area (TPSA) is 73.9 Å². The fourth-order valence-electron chi connectivity index (χ4n) is 2.67. The first-order valence-electron chi connectivity index (χ1n) is 8.91. The molecule has 0 radical (unpaired) electrons. The molecule has 1 unspecified atom stereocenters. The van der Waals surface area contributed by atoms with Crippen molar-refractivity contribution in [1.82, 2.24) is 5.32 Å². The molecule has 1 amide bonds. The Bertz CT molecular complexity index is 829. The second-order valence-electron chi connectivity index (χ2n) is 6.73. The van der Waals surface area contributed by atoms with E-state index in [1.54, 1.807) is 25.1 Å². The Labute approximate surface area is 158 Å². The highest BCUT2D eigenvalue weighted by molar-refractivity contribution is 5.92. The lowest BCUT2D eigenvalue weighted by Crippen LogP contribution is -2.35. The zero-order chi connectivity index (χ0) is 19.4. The minimum Gasteiger partial charge on any atom is -0.454 e. The van der Waals surface area contributed by atoms with E-state index in [0.717, 1.165) is 11.1 Å². The van der Waals surface area contributed by atoms with Crippen LogP contribution in [0.15, 0.2) is 42.5 Å². The van der Waals surface area contributed by atoms with Crippen LogP contribution in [0.1, 0.15) is 48.2 Å². The van der Waals surface area contributed by atoms with Crippen molar-refractivity contribution in [3.63, 3.8) is 0 Å². The number of nitrogens with one attached hydrogen (secondary N) is 1. The van der Waals surface area contributed by atoms with Gasteiger partial charge in [0, 0.05) is 6.54 Å². The SMILES string of the molecule is CC(OC(=O)c1ccc(C(C)C)cc1)C(=O)NCc1ccc2c(c1)OCO2. The molecule has 1 N–H and O–H groups in total. The van der Waals surface area contributed by atoms with E-state index >= 15 is 0 Å². The van der Waals surface area contributed by atoms with Crippen LogP contribution in [0.2, 0.25) is 0 Å². The number of carbonyl (C=O) groups is 2. The molecule has 3 rings (SSSR count). The zero-order valence-corrected chi connectivity index (χ0v) is 15.7. The zero-order valence-electron chi connectivity index (χ0n) is 15.7. The van der Waals surface area contributed by atoms with Crippen molar-refractivity contribution < 1.29 is 23.8 Å². The van der Waals surface area contributed by atoms with E-state index in [9.17, 15) is 9.59 Å². The number of hydrogen-bond donors (Lipinski definition) is 1. The van der Waals surface area contributed by atoms with E-state index in [0.29, 0.717) is 29.5 Å². The van der Waals surface area contributed by atoms with Crippen LogP contribution < -0.4 is 14.8 Å². The number of amides is 1. The second-order valence-corrected chi connectivity index (χ2v) is 6.73. The fourth-order valence-corrected chi connectivity index (χ4v) is 2.67. The number of carbonyl (C=O) groups excluding carboxylic acids is 2. The Hall–Kier alpha value is -3.02. The first kappa shape index (κ1) is 18.8. The van der Waals surface area contributed by atoms with Crippen molar-refractivity contribution >= 4 is 11.9 Å². The molecule has 0 bridgehead atoms. The quantitative estimate of drug-likeness (QED) is 0.790. The highest BCUT2D eigenvalue weighted by atomic mass is 16.7. The Kier molecular flexibility index (Phi) is 5.64. The molecule has 1 heterocycles. The monoisotopic (exact) mass is 369 g/mol. The summed E-state index contributed by atoms with van der Waals surface area (Å²) in [5.74, 6) is 0.855. The number of hydrogen-bond acceptors (Lipinski definition) is 5. The van der Waals surface area contributed by atoms with Gasteiger partial charge in [-0.1, -0.05) is 32.0 Å².